The second-order valence-electron chi connectivity index (χ2n) is 11.7. The van der Waals surface area contributed by atoms with Crippen LogP contribution in [-0.2, 0) is 18.3 Å². The highest BCUT2D eigenvalue weighted by atomic mass is 16.3. The number of aliphatic hydroxyl groups is 1. The van der Waals surface area contributed by atoms with E-state index in [4.69, 9.17) is 4.98 Å². The van der Waals surface area contributed by atoms with Crippen LogP contribution >= 0.6 is 0 Å². The number of hydrogen-bond donors (Lipinski definition) is 1. The first-order valence-corrected chi connectivity index (χ1v) is 13.9. The van der Waals surface area contributed by atoms with E-state index in [1.54, 1.807) is 0 Å². The molecule has 0 saturated heterocycles. The van der Waals surface area contributed by atoms with E-state index in [1.165, 1.54) is 38.9 Å². The number of aromatic nitrogens is 1. The molecule has 0 aliphatic carbocycles. The molecule has 0 fully saturated rings. The van der Waals surface area contributed by atoms with Gasteiger partial charge in [0.25, 0.3) is 0 Å². The summed E-state index contributed by atoms with van der Waals surface area (Å²) < 4.78 is 0. The van der Waals surface area contributed by atoms with Crippen molar-refractivity contribution >= 4 is 0 Å². The van der Waals surface area contributed by atoms with Gasteiger partial charge in [0, 0.05) is 17.2 Å². The first kappa shape index (κ1) is 28.1. The molecule has 0 amide bonds. The van der Waals surface area contributed by atoms with Crippen molar-refractivity contribution in [1.29, 1.82) is 0 Å². The number of aryl methyl sites for hydroxylation is 4. The Morgan fingerprint density at radius 2 is 1.44 bits per heavy atom. The second kappa shape index (κ2) is 11.7. The number of rotatable bonds is 10. The van der Waals surface area contributed by atoms with Gasteiger partial charge in [0.15, 0.2) is 0 Å². The lowest BCUT2D eigenvalue weighted by atomic mass is 9.69. The summed E-state index contributed by atoms with van der Waals surface area (Å²) in [5, 5.41) is 10.5. The van der Waals surface area contributed by atoms with E-state index in [-0.39, 0.29) is 16.9 Å². The van der Waals surface area contributed by atoms with E-state index in [0.717, 1.165) is 44.2 Å². The van der Waals surface area contributed by atoms with E-state index in [0.29, 0.717) is 0 Å². The first-order chi connectivity index (χ1) is 17.1. The molecule has 36 heavy (non-hydrogen) atoms. The smallest absolute Gasteiger partial charge is 0.0704 e. The van der Waals surface area contributed by atoms with Gasteiger partial charge in [-0.3, -0.25) is 4.98 Å². The number of pyridine rings is 1. The summed E-state index contributed by atoms with van der Waals surface area (Å²) in [6.45, 7) is 17.6. The van der Waals surface area contributed by atoms with Gasteiger partial charge in [-0.05, 0) is 90.8 Å². The highest BCUT2D eigenvalue weighted by Gasteiger charge is 2.31. The van der Waals surface area contributed by atoms with E-state index >= 15 is 0 Å². The van der Waals surface area contributed by atoms with Crippen molar-refractivity contribution in [2.24, 2.45) is 5.41 Å². The molecule has 2 nitrogen and oxygen atoms in total. The predicted octanol–water partition coefficient (Wildman–Crippen LogP) is 8.76. The Kier molecular flexibility index (Phi) is 9.17. The van der Waals surface area contributed by atoms with Gasteiger partial charge in [-0.15, -0.1) is 0 Å². The molecule has 3 aromatic rings. The fourth-order valence-corrected chi connectivity index (χ4v) is 5.50. The molecule has 2 aromatic carbocycles. The molecule has 0 saturated carbocycles. The largest absolute Gasteiger partial charge is 0.393 e. The van der Waals surface area contributed by atoms with Gasteiger partial charge in [0.1, 0.15) is 0 Å². The van der Waals surface area contributed by atoms with Gasteiger partial charge in [-0.25, -0.2) is 0 Å². The van der Waals surface area contributed by atoms with Crippen LogP contribution < -0.4 is 0 Å². The van der Waals surface area contributed by atoms with Crippen molar-refractivity contribution in [3.63, 3.8) is 0 Å². The Bertz CT molecular complexity index is 1130. The zero-order valence-corrected chi connectivity index (χ0v) is 23.9. The molecule has 194 valence electrons. The molecule has 0 aliphatic rings. The summed E-state index contributed by atoms with van der Waals surface area (Å²) in [6.07, 6.45) is 7.76. The Labute approximate surface area is 220 Å². The van der Waals surface area contributed by atoms with Crippen LogP contribution in [0.25, 0.3) is 11.3 Å². The SMILES string of the molecule is CCCc1ccc(-c2ccc(C(CC)(CC)c3ccc(CCC(O)C(C)(C)C)c(C)c3)cc2C)nc1. The number of benzene rings is 2. The molecule has 1 atom stereocenters. The first-order valence-electron chi connectivity index (χ1n) is 13.9. The van der Waals surface area contributed by atoms with Gasteiger partial charge < -0.3 is 5.11 Å². The molecule has 3 rings (SSSR count). The van der Waals surface area contributed by atoms with Crippen molar-refractivity contribution in [1.82, 2.24) is 4.98 Å². The lowest BCUT2D eigenvalue weighted by molar-refractivity contribution is 0.0560. The van der Waals surface area contributed by atoms with E-state index in [1.807, 2.05) is 6.20 Å². The lowest BCUT2D eigenvalue weighted by Gasteiger charge is -2.34. The molecule has 0 aliphatic heterocycles. The maximum absolute atomic E-state index is 10.5. The molecule has 1 N–H and O–H groups in total. The average Bonchev–Trinajstić information content (AvgIpc) is 2.85. The third-order valence-electron chi connectivity index (χ3n) is 8.21. The number of hydrogen-bond acceptors (Lipinski definition) is 2. The third kappa shape index (κ3) is 6.09. The molecule has 1 aromatic heterocycles. The van der Waals surface area contributed by atoms with Crippen LogP contribution in [0.2, 0.25) is 0 Å². The van der Waals surface area contributed by atoms with E-state index < -0.39 is 0 Å². The van der Waals surface area contributed by atoms with Crippen molar-refractivity contribution in [3.8, 4) is 11.3 Å². The molecular weight excluding hydrogens is 438 g/mol. The third-order valence-corrected chi connectivity index (χ3v) is 8.21. The quantitative estimate of drug-likeness (QED) is 0.311. The summed E-state index contributed by atoms with van der Waals surface area (Å²) in [5.41, 5.74) is 10.2. The van der Waals surface area contributed by atoms with E-state index in [9.17, 15) is 5.11 Å². The highest BCUT2D eigenvalue weighted by Crippen LogP contribution is 2.41. The average molecular weight is 486 g/mol. The topological polar surface area (TPSA) is 33.1 Å². The molecule has 2 heteroatoms. The Hall–Kier alpha value is -2.45. The molecule has 0 radical (unpaired) electrons. The Morgan fingerprint density at radius 3 is 1.94 bits per heavy atom. The van der Waals surface area contributed by atoms with E-state index in [2.05, 4.69) is 104 Å². The maximum Gasteiger partial charge on any atom is 0.0704 e. The highest BCUT2D eigenvalue weighted by molar-refractivity contribution is 5.65. The summed E-state index contributed by atoms with van der Waals surface area (Å²) in [6, 6.07) is 18.4. The maximum atomic E-state index is 10.5. The summed E-state index contributed by atoms with van der Waals surface area (Å²) in [5.74, 6) is 0. The summed E-state index contributed by atoms with van der Waals surface area (Å²) in [7, 11) is 0. The van der Waals surface area contributed by atoms with Crippen molar-refractivity contribution in [3.05, 3.63) is 88.1 Å². The second-order valence-corrected chi connectivity index (χ2v) is 11.7. The zero-order valence-electron chi connectivity index (χ0n) is 23.9. The van der Waals surface area contributed by atoms with Gasteiger partial charge >= 0.3 is 0 Å². The van der Waals surface area contributed by atoms with Crippen molar-refractivity contribution in [2.75, 3.05) is 0 Å². The van der Waals surface area contributed by atoms with Crippen molar-refractivity contribution < 1.29 is 5.11 Å². The van der Waals surface area contributed by atoms with Gasteiger partial charge in [0.2, 0.25) is 0 Å². The number of nitrogens with zero attached hydrogens (tertiary/aromatic N) is 1. The van der Waals surface area contributed by atoms with Gasteiger partial charge in [0.05, 0.1) is 11.8 Å². The van der Waals surface area contributed by atoms with Crippen LogP contribution in [0, 0.1) is 19.3 Å². The normalized spacial score (nSPS) is 13.1. The Balaban J connectivity index is 1.91. The van der Waals surface area contributed by atoms with Crippen LogP contribution in [0.4, 0.5) is 0 Å². The minimum Gasteiger partial charge on any atom is -0.393 e. The number of aliphatic hydroxyl groups excluding tert-OH is 1. The molecule has 0 spiro atoms. The van der Waals surface area contributed by atoms with Gasteiger partial charge in [-0.1, -0.05) is 90.4 Å². The standard InChI is InChI=1S/C34H47NO/c1-9-12-26-13-19-31(35-23-26)30-18-17-29(22-25(30)5)34(10-2,11-3)28-16-14-27(24(4)21-28)15-20-32(36)33(6,7)8/h13-14,16-19,21-23,32,36H,9-12,15,20H2,1-8H3. The van der Waals surface area contributed by atoms with Crippen LogP contribution in [0.5, 0.6) is 0 Å². The van der Waals surface area contributed by atoms with Crippen LogP contribution in [0.15, 0.2) is 54.7 Å². The van der Waals surface area contributed by atoms with Crippen LogP contribution in [-0.4, -0.2) is 16.2 Å². The van der Waals surface area contributed by atoms with Crippen LogP contribution in [0.1, 0.15) is 101 Å². The molecule has 1 heterocycles. The predicted molar refractivity (Wildman–Crippen MR) is 155 cm³/mol. The minimum absolute atomic E-state index is 0.0179. The summed E-state index contributed by atoms with van der Waals surface area (Å²) in [4.78, 5) is 4.77. The Morgan fingerprint density at radius 1 is 0.806 bits per heavy atom. The monoisotopic (exact) mass is 485 g/mol. The van der Waals surface area contributed by atoms with Gasteiger partial charge in [-0.2, -0.15) is 0 Å². The lowest BCUT2D eigenvalue weighted by Crippen LogP contribution is -2.27. The minimum atomic E-state index is -0.291. The molecule has 1 unspecified atom stereocenters. The fourth-order valence-electron chi connectivity index (χ4n) is 5.50. The van der Waals surface area contributed by atoms with Crippen LogP contribution in [0.3, 0.4) is 0 Å². The van der Waals surface area contributed by atoms with Crippen molar-refractivity contribution in [2.45, 2.75) is 105 Å². The molecule has 0 bridgehead atoms. The fraction of sp³-hybridized carbons (Fsp3) is 0.500. The molecular formula is C34H47NO. The summed E-state index contributed by atoms with van der Waals surface area (Å²) >= 11 is 0. The zero-order chi connectivity index (χ0) is 26.5.